The molecule has 1 aromatic carbocycles. The predicted molar refractivity (Wildman–Crippen MR) is 73.4 cm³/mol. The van der Waals surface area contributed by atoms with Gasteiger partial charge in [0.2, 0.25) is 10.0 Å². The minimum absolute atomic E-state index is 0.0830. The zero-order valence-electron chi connectivity index (χ0n) is 10.7. The lowest BCUT2D eigenvalue weighted by molar-refractivity contribution is -0.0953. The molecule has 9 heteroatoms. The molecule has 0 saturated carbocycles. The number of nitrogens with two attached hydrogens (primary N) is 1. The molecular weight excluding hydrogens is 329 g/mol. The minimum Gasteiger partial charge on any atom is -0.398 e. The van der Waals surface area contributed by atoms with Crippen LogP contribution in [0.15, 0.2) is 34.7 Å². The van der Waals surface area contributed by atoms with Gasteiger partial charge in [-0.2, -0.15) is 17.5 Å². The van der Waals surface area contributed by atoms with Crippen LogP contribution in [-0.4, -0.2) is 32.0 Å². The van der Waals surface area contributed by atoms with Crippen molar-refractivity contribution < 1.29 is 21.6 Å². The van der Waals surface area contributed by atoms with Gasteiger partial charge in [0.15, 0.2) is 0 Å². The second-order valence-electron chi connectivity index (χ2n) is 4.52. The molecule has 0 aliphatic carbocycles. The molecule has 0 atom stereocenters. The molecule has 2 N–H and O–H groups in total. The molecule has 1 heterocycles. The number of rotatable bonds is 2. The van der Waals surface area contributed by atoms with Crippen LogP contribution in [0.4, 0.5) is 18.9 Å². The van der Waals surface area contributed by atoms with Gasteiger partial charge in [-0.15, -0.1) is 0 Å². The van der Waals surface area contributed by atoms with E-state index in [0.29, 0.717) is 0 Å². The van der Waals surface area contributed by atoms with Crippen LogP contribution in [0.1, 0.15) is 6.42 Å². The zero-order chi connectivity index (χ0) is 15.8. The van der Waals surface area contributed by atoms with Crippen LogP contribution in [0, 0.1) is 0 Å². The molecule has 0 fully saturated rings. The second kappa shape index (κ2) is 5.51. The van der Waals surface area contributed by atoms with Crippen molar-refractivity contribution in [3.8, 4) is 0 Å². The maximum atomic E-state index is 12.5. The first-order chi connectivity index (χ1) is 9.62. The Balaban J connectivity index is 2.26. The van der Waals surface area contributed by atoms with Crippen LogP contribution in [-0.2, 0) is 10.0 Å². The van der Waals surface area contributed by atoms with E-state index in [1.54, 1.807) is 0 Å². The maximum Gasteiger partial charge on any atom is 0.412 e. The van der Waals surface area contributed by atoms with Gasteiger partial charge in [-0.05, 0) is 24.6 Å². The average Bonchev–Trinajstić information content (AvgIpc) is 2.41. The first-order valence-electron chi connectivity index (χ1n) is 5.94. The summed E-state index contributed by atoms with van der Waals surface area (Å²) in [5.41, 5.74) is 5.03. The number of anilines is 1. The van der Waals surface area contributed by atoms with Gasteiger partial charge in [0.25, 0.3) is 0 Å². The minimum atomic E-state index is -4.42. The van der Waals surface area contributed by atoms with Gasteiger partial charge in [-0.3, -0.25) is 0 Å². The predicted octanol–water partition coefficient (Wildman–Crippen LogP) is 2.81. The Labute approximate surface area is 125 Å². The summed E-state index contributed by atoms with van der Waals surface area (Å²) in [6.45, 7) is -0.547. The Morgan fingerprint density at radius 3 is 2.43 bits per heavy atom. The Bertz CT molecular complexity index is 686. The van der Waals surface area contributed by atoms with Gasteiger partial charge in [-0.1, -0.05) is 17.7 Å². The fourth-order valence-electron chi connectivity index (χ4n) is 1.94. The Morgan fingerprint density at radius 1 is 1.29 bits per heavy atom. The van der Waals surface area contributed by atoms with Gasteiger partial charge in [0.05, 0.1) is 15.6 Å². The highest BCUT2D eigenvalue weighted by molar-refractivity contribution is 7.89. The van der Waals surface area contributed by atoms with Crippen molar-refractivity contribution >= 4 is 27.3 Å². The molecule has 0 amide bonds. The molecule has 4 nitrogen and oxygen atoms in total. The summed E-state index contributed by atoms with van der Waals surface area (Å²) in [4.78, 5) is -0.0921. The summed E-state index contributed by atoms with van der Waals surface area (Å²) < 4.78 is 63.2. The summed E-state index contributed by atoms with van der Waals surface area (Å²) in [6.07, 6.45) is -3.90. The molecule has 21 heavy (non-hydrogen) atoms. The first-order valence-corrected chi connectivity index (χ1v) is 7.75. The number of nitrogen functional groups attached to an aromatic ring is 1. The first kappa shape index (κ1) is 16.1. The Kier molecular flexibility index (Phi) is 4.23. The summed E-state index contributed by atoms with van der Waals surface area (Å²) in [5, 5.41) is 0.0830. The number of sulfonamides is 1. The average molecular weight is 341 g/mol. The van der Waals surface area contributed by atoms with Crippen LogP contribution in [0.3, 0.4) is 0 Å². The molecule has 0 unspecified atom stereocenters. The van der Waals surface area contributed by atoms with E-state index in [0.717, 1.165) is 10.4 Å². The van der Waals surface area contributed by atoms with E-state index in [1.807, 2.05) is 0 Å². The molecule has 0 spiro atoms. The quantitative estimate of drug-likeness (QED) is 0.665. The summed E-state index contributed by atoms with van der Waals surface area (Å²) >= 11 is 5.77. The molecule has 0 bridgehead atoms. The van der Waals surface area contributed by atoms with E-state index in [9.17, 15) is 21.6 Å². The Morgan fingerprint density at radius 2 is 1.95 bits per heavy atom. The van der Waals surface area contributed by atoms with Crippen molar-refractivity contribution in [2.75, 3.05) is 18.8 Å². The van der Waals surface area contributed by atoms with Crippen LogP contribution in [0.2, 0.25) is 5.02 Å². The van der Waals surface area contributed by atoms with E-state index < -0.39 is 21.8 Å². The smallest absolute Gasteiger partial charge is 0.398 e. The third kappa shape index (κ3) is 3.33. The normalized spacial score (nSPS) is 17.6. The van der Waals surface area contributed by atoms with E-state index in [1.165, 1.54) is 18.2 Å². The fraction of sp³-hybridized carbons (Fsp3) is 0.333. The van der Waals surface area contributed by atoms with Gasteiger partial charge < -0.3 is 5.73 Å². The highest BCUT2D eigenvalue weighted by Crippen LogP contribution is 2.32. The summed E-state index contributed by atoms with van der Waals surface area (Å²) in [6, 6.07) is 3.81. The molecule has 2 rings (SSSR count). The molecule has 0 saturated heterocycles. The topological polar surface area (TPSA) is 63.4 Å². The number of hydrogen-bond donors (Lipinski definition) is 1. The van der Waals surface area contributed by atoms with Crippen LogP contribution >= 0.6 is 11.6 Å². The van der Waals surface area contributed by atoms with Crippen LogP contribution in [0.25, 0.3) is 0 Å². The highest BCUT2D eigenvalue weighted by atomic mass is 35.5. The summed E-state index contributed by atoms with van der Waals surface area (Å²) in [7, 11) is -3.89. The standard InChI is InChI=1S/C12H12ClF3N2O2S/c13-10-7-9(1-2-11(10)17)21(19,20)18-5-3-8(4-6-18)12(14,15)16/h1-3,7H,4-6,17H2. The molecule has 0 aromatic heterocycles. The molecule has 1 aliphatic rings. The monoisotopic (exact) mass is 340 g/mol. The van der Waals surface area contributed by atoms with E-state index in [4.69, 9.17) is 17.3 Å². The number of alkyl halides is 3. The van der Waals surface area contributed by atoms with Crippen molar-refractivity contribution in [1.82, 2.24) is 4.31 Å². The fourth-order valence-corrected chi connectivity index (χ4v) is 3.60. The lowest BCUT2D eigenvalue weighted by atomic mass is 10.1. The van der Waals surface area contributed by atoms with E-state index in [-0.39, 0.29) is 35.1 Å². The molecule has 1 aliphatic heterocycles. The SMILES string of the molecule is Nc1ccc(S(=O)(=O)N2CC=C(C(F)(F)F)CC2)cc1Cl. The number of hydrogen-bond acceptors (Lipinski definition) is 3. The molecular formula is C12H12ClF3N2O2S. The number of nitrogens with zero attached hydrogens (tertiary/aromatic N) is 1. The van der Waals surface area contributed by atoms with Crippen molar-refractivity contribution in [1.29, 1.82) is 0 Å². The van der Waals surface area contributed by atoms with Gasteiger partial charge >= 0.3 is 6.18 Å². The molecule has 116 valence electrons. The van der Waals surface area contributed by atoms with Crippen molar-refractivity contribution in [2.24, 2.45) is 0 Å². The summed E-state index contributed by atoms with van der Waals surface area (Å²) in [5.74, 6) is 0. The third-order valence-corrected chi connectivity index (χ3v) is 5.33. The number of benzene rings is 1. The second-order valence-corrected chi connectivity index (χ2v) is 6.87. The lowest BCUT2D eigenvalue weighted by Gasteiger charge is -2.26. The van der Waals surface area contributed by atoms with Crippen molar-refractivity contribution in [3.63, 3.8) is 0 Å². The highest BCUT2D eigenvalue weighted by Gasteiger charge is 2.37. The zero-order valence-corrected chi connectivity index (χ0v) is 12.3. The molecule has 1 aromatic rings. The Hall–Kier alpha value is -1.25. The van der Waals surface area contributed by atoms with E-state index >= 15 is 0 Å². The lowest BCUT2D eigenvalue weighted by Crippen LogP contribution is -2.36. The van der Waals surface area contributed by atoms with Gasteiger partial charge in [0, 0.05) is 18.7 Å². The van der Waals surface area contributed by atoms with Crippen LogP contribution < -0.4 is 5.73 Å². The number of halogens is 4. The third-order valence-electron chi connectivity index (χ3n) is 3.15. The van der Waals surface area contributed by atoms with E-state index in [2.05, 4.69) is 0 Å². The maximum absolute atomic E-state index is 12.5. The van der Waals surface area contributed by atoms with Gasteiger partial charge in [0.1, 0.15) is 0 Å². The van der Waals surface area contributed by atoms with Crippen molar-refractivity contribution in [3.05, 3.63) is 34.9 Å². The molecule has 0 radical (unpaired) electrons. The van der Waals surface area contributed by atoms with Crippen LogP contribution in [0.5, 0.6) is 0 Å². The largest absolute Gasteiger partial charge is 0.412 e. The van der Waals surface area contributed by atoms with Gasteiger partial charge in [-0.25, -0.2) is 8.42 Å². The van der Waals surface area contributed by atoms with Crippen molar-refractivity contribution in [2.45, 2.75) is 17.5 Å².